The van der Waals surface area contributed by atoms with Gasteiger partial charge in [0.2, 0.25) is 0 Å². The van der Waals surface area contributed by atoms with Crippen molar-refractivity contribution in [2.24, 2.45) is 0 Å². The van der Waals surface area contributed by atoms with Crippen LogP contribution in [0.25, 0.3) is 0 Å². The van der Waals surface area contributed by atoms with Crippen LogP contribution in [0.1, 0.15) is 48.3 Å². The third kappa shape index (κ3) is 5.32. The zero-order chi connectivity index (χ0) is 28.2. The minimum absolute atomic E-state index is 0.00292. The largest absolute Gasteiger partial charge is 0.497 e. The Balaban J connectivity index is 1.51. The lowest BCUT2D eigenvalue weighted by Crippen LogP contribution is -2.36. The highest BCUT2D eigenvalue weighted by atomic mass is 16.5. The highest BCUT2D eigenvalue weighted by Gasteiger charge is 2.41. The first kappa shape index (κ1) is 27.1. The standard InChI is InChI=1S/C33H33NO6/c1-20-30(33(36)39-4)31(23-12-15-28(29(18-23)38-3)40-19-21-8-6-5-7-9-21)32-26(34-20)16-24(17-27(32)35)22-10-13-25(37-2)14-11-22/h5-15,18,24,31,34H,16-17,19H2,1-4H3. The van der Waals surface area contributed by atoms with E-state index in [4.69, 9.17) is 18.9 Å². The summed E-state index contributed by atoms with van der Waals surface area (Å²) >= 11 is 0. The maximum atomic E-state index is 13.8. The number of benzene rings is 3. The fourth-order valence-electron chi connectivity index (χ4n) is 5.58. The Morgan fingerprint density at radius 1 is 0.875 bits per heavy atom. The molecule has 0 fully saturated rings. The van der Waals surface area contributed by atoms with Crippen LogP contribution in [0.4, 0.5) is 0 Å². The third-order valence-corrected chi connectivity index (χ3v) is 7.58. The van der Waals surface area contributed by atoms with E-state index in [0.717, 1.165) is 28.1 Å². The van der Waals surface area contributed by atoms with Crippen molar-refractivity contribution in [1.29, 1.82) is 0 Å². The van der Waals surface area contributed by atoms with Crippen LogP contribution >= 0.6 is 0 Å². The van der Waals surface area contributed by atoms with Crippen molar-refractivity contribution in [3.05, 3.63) is 112 Å². The Bertz CT molecular complexity index is 1470. The monoisotopic (exact) mass is 539 g/mol. The predicted molar refractivity (Wildman–Crippen MR) is 151 cm³/mol. The van der Waals surface area contributed by atoms with Gasteiger partial charge in [0.05, 0.1) is 26.9 Å². The topological polar surface area (TPSA) is 83.1 Å². The first-order valence-electron chi connectivity index (χ1n) is 13.2. The lowest BCUT2D eigenvalue weighted by molar-refractivity contribution is -0.136. The summed E-state index contributed by atoms with van der Waals surface area (Å²) < 4.78 is 22.2. The van der Waals surface area contributed by atoms with Gasteiger partial charge in [-0.25, -0.2) is 4.79 Å². The van der Waals surface area contributed by atoms with E-state index in [9.17, 15) is 9.59 Å². The molecule has 206 valence electrons. The molecule has 0 spiro atoms. The summed E-state index contributed by atoms with van der Waals surface area (Å²) in [6.45, 7) is 2.23. The molecule has 0 saturated carbocycles. The van der Waals surface area contributed by atoms with Crippen LogP contribution in [0.5, 0.6) is 17.2 Å². The summed E-state index contributed by atoms with van der Waals surface area (Å²) in [6, 6.07) is 23.3. The molecule has 2 unspecified atom stereocenters. The van der Waals surface area contributed by atoms with Gasteiger partial charge in [0.1, 0.15) is 12.4 Å². The number of hydrogen-bond acceptors (Lipinski definition) is 7. The van der Waals surface area contributed by atoms with Crippen LogP contribution in [-0.2, 0) is 20.9 Å². The first-order valence-corrected chi connectivity index (χ1v) is 13.2. The van der Waals surface area contributed by atoms with Crippen LogP contribution in [-0.4, -0.2) is 33.1 Å². The summed E-state index contributed by atoms with van der Waals surface area (Å²) in [6.07, 6.45) is 0.983. The molecule has 40 heavy (non-hydrogen) atoms. The van der Waals surface area contributed by atoms with Gasteiger partial charge in [-0.05, 0) is 60.2 Å². The Kier molecular flexibility index (Phi) is 7.91. The smallest absolute Gasteiger partial charge is 0.336 e. The number of ether oxygens (including phenoxy) is 4. The molecule has 1 aliphatic carbocycles. The van der Waals surface area contributed by atoms with Crippen molar-refractivity contribution in [3.63, 3.8) is 0 Å². The number of ketones is 1. The maximum Gasteiger partial charge on any atom is 0.336 e. The normalized spacial score (nSPS) is 18.6. The molecule has 5 rings (SSSR count). The second-order valence-electron chi connectivity index (χ2n) is 9.97. The van der Waals surface area contributed by atoms with Crippen molar-refractivity contribution >= 4 is 11.8 Å². The number of dihydropyridines is 1. The zero-order valence-corrected chi connectivity index (χ0v) is 23.2. The summed E-state index contributed by atoms with van der Waals surface area (Å²) in [5, 5.41) is 3.37. The Morgan fingerprint density at radius 2 is 1.60 bits per heavy atom. The van der Waals surface area contributed by atoms with E-state index >= 15 is 0 Å². The molecular weight excluding hydrogens is 506 g/mol. The number of allylic oxidation sites excluding steroid dienone is 3. The van der Waals surface area contributed by atoms with Crippen molar-refractivity contribution in [3.8, 4) is 17.2 Å². The second kappa shape index (κ2) is 11.7. The third-order valence-electron chi connectivity index (χ3n) is 7.58. The molecule has 0 saturated heterocycles. The van der Waals surface area contributed by atoms with Gasteiger partial charge in [0, 0.05) is 29.3 Å². The molecule has 7 nitrogen and oxygen atoms in total. The quantitative estimate of drug-likeness (QED) is 0.361. The van der Waals surface area contributed by atoms with Gasteiger partial charge in [-0.1, -0.05) is 48.5 Å². The van der Waals surface area contributed by atoms with E-state index in [-0.39, 0.29) is 11.7 Å². The minimum atomic E-state index is -0.593. The Hall–Kier alpha value is -4.52. The molecule has 0 radical (unpaired) electrons. The number of Topliss-reactive ketones (excluding diaryl/α,β-unsaturated/α-hetero) is 1. The van der Waals surface area contributed by atoms with Crippen molar-refractivity contribution in [2.75, 3.05) is 21.3 Å². The number of carbonyl (C=O) groups is 2. The van der Waals surface area contributed by atoms with Crippen LogP contribution in [0.3, 0.4) is 0 Å². The molecule has 3 aromatic carbocycles. The van der Waals surface area contributed by atoms with Crippen molar-refractivity contribution in [1.82, 2.24) is 5.32 Å². The van der Waals surface area contributed by atoms with Crippen molar-refractivity contribution in [2.45, 2.75) is 38.2 Å². The summed E-state index contributed by atoms with van der Waals surface area (Å²) in [5.74, 6) is 0.815. The number of nitrogens with one attached hydrogen (secondary N) is 1. The summed E-state index contributed by atoms with van der Waals surface area (Å²) in [7, 11) is 4.56. The first-order chi connectivity index (χ1) is 19.4. The molecule has 1 N–H and O–H groups in total. The second-order valence-corrected chi connectivity index (χ2v) is 9.97. The number of hydrogen-bond donors (Lipinski definition) is 1. The molecule has 3 aromatic rings. The van der Waals surface area contributed by atoms with Gasteiger partial charge in [-0.3, -0.25) is 4.79 Å². The minimum Gasteiger partial charge on any atom is -0.497 e. The van der Waals surface area contributed by atoms with Gasteiger partial charge < -0.3 is 24.3 Å². The molecule has 2 atom stereocenters. The van der Waals surface area contributed by atoms with E-state index in [1.54, 1.807) is 14.2 Å². The van der Waals surface area contributed by atoms with Gasteiger partial charge in [-0.15, -0.1) is 0 Å². The molecule has 0 aromatic heterocycles. The SMILES string of the molecule is COC(=O)C1=C(C)NC2=C(C(=O)CC(c3ccc(OC)cc3)C2)C1c1ccc(OCc2ccccc2)c(OC)c1. The van der Waals surface area contributed by atoms with Gasteiger partial charge in [0.25, 0.3) is 0 Å². The maximum absolute atomic E-state index is 13.8. The predicted octanol–water partition coefficient (Wildman–Crippen LogP) is 5.82. The number of esters is 1. The number of carbonyl (C=O) groups excluding carboxylic acids is 2. The van der Waals surface area contributed by atoms with Gasteiger partial charge in [0.15, 0.2) is 17.3 Å². The zero-order valence-electron chi connectivity index (χ0n) is 23.2. The molecule has 0 bridgehead atoms. The molecular formula is C33H33NO6. The van der Waals surface area contributed by atoms with E-state index in [0.29, 0.717) is 47.8 Å². The Labute approximate surface area is 234 Å². The fourth-order valence-corrected chi connectivity index (χ4v) is 5.58. The fraction of sp³-hybridized carbons (Fsp3) is 0.273. The summed E-state index contributed by atoms with van der Waals surface area (Å²) in [5.41, 5.74) is 5.37. The number of rotatable bonds is 8. The summed E-state index contributed by atoms with van der Waals surface area (Å²) in [4.78, 5) is 26.9. The molecule has 1 aliphatic heterocycles. The lowest BCUT2D eigenvalue weighted by Gasteiger charge is -2.36. The van der Waals surface area contributed by atoms with Gasteiger partial charge >= 0.3 is 5.97 Å². The van der Waals surface area contributed by atoms with Crippen LogP contribution in [0.15, 0.2) is 95.3 Å². The molecule has 7 heteroatoms. The highest BCUT2D eigenvalue weighted by molar-refractivity contribution is 6.04. The Morgan fingerprint density at radius 3 is 2.27 bits per heavy atom. The van der Waals surface area contributed by atoms with E-state index < -0.39 is 11.9 Å². The van der Waals surface area contributed by atoms with Crippen LogP contribution < -0.4 is 19.5 Å². The molecule has 0 amide bonds. The lowest BCUT2D eigenvalue weighted by atomic mass is 9.71. The van der Waals surface area contributed by atoms with Gasteiger partial charge in [-0.2, -0.15) is 0 Å². The average Bonchev–Trinajstić information content (AvgIpc) is 2.99. The highest BCUT2D eigenvalue weighted by Crippen LogP contribution is 2.47. The number of methoxy groups -OCH3 is 3. The van der Waals surface area contributed by atoms with E-state index in [1.807, 2.05) is 79.7 Å². The van der Waals surface area contributed by atoms with E-state index in [1.165, 1.54) is 7.11 Å². The molecule has 2 aliphatic rings. The van der Waals surface area contributed by atoms with Crippen LogP contribution in [0.2, 0.25) is 0 Å². The molecule has 1 heterocycles. The van der Waals surface area contributed by atoms with Crippen molar-refractivity contribution < 1.29 is 28.5 Å². The van der Waals surface area contributed by atoms with E-state index in [2.05, 4.69) is 5.32 Å². The van der Waals surface area contributed by atoms with Crippen LogP contribution in [0, 0.1) is 0 Å². The average molecular weight is 540 g/mol.